The van der Waals surface area contributed by atoms with Gasteiger partial charge in [0.05, 0.1) is 0 Å². The molecule has 0 aliphatic rings. The fourth-order valence-electron chi connectivity index (χ4n) is 2.17. The average molecular weight is 371 g/mol. The number of hydrogen-bond acceptors (Lipinski definition) is 4. The van der Waals surface area contributed by atoms with Gasteiger partial charge in [-0.2, -0.15) is 0 Å². The number of rotatable bonds is 10. The minimum Gasteiger partial charge on any atom is -0.352 e. The molecular weight excluding hydrogens is 340 g/mol. The molecular formula is C18H31ClN4O2. The molecule has 0 atom stereocenters. The first kappa shape index (κ1) is 23.4. The van der Waals surface area contributed by atoms with Crippen molar-refractivity contribution in [1.82, 2.24) is 20.4 Å². The van der Waals surface area contributed by atoms with Gasteiger partial charge in [-0.05, 0) is 78.4 Å². The summed E-state index contributed by atoms with van der Waals surface area (Å²) in [6.45, 7) is 3.16. The number of carbonyl (C=O) groups excluding carboxylic acids is 2. The van der Waals surface area contributed by atoms with Crippen LogP contribution < -0.4 is 10.6 Å². The molecule has 0 aliphatic carbocycles. The van der Waals surface area contributed by atoms with E-state index in [4.69, 9.17) is 0 Å². The summed E-state index contributed by atoms with van der Waals surface area (Å²) >= 11 is 0. The van der Waals surface area contributed by atoms with E-state index in [1.807, 2.05) is 28.2 Å². The first-order chi connectivity index (χ1) is 11.4. The lowest BCUT2D eigenvalue weighted by Crippen LogP contribution is -2.28. The molecule has 0 unspecified atom stereocenters. The van der Waals surface area contributed by atoms with Crippen LogP contribution in [-0.4, -0.2) is 76.0 Å². The van der Waals surface area contributed by atoms with Gasteiger partial charge in [0.25, 0.3) is 11.8 Å². The molecule has 142 valence electrons. The van der Waals surface area contributed by atoms with Crippen molar-refractivity contribution in [3.05, 3.63) is 35.4 Å². The summed E-state index contributed by atoms with van der Waals surface area (Å²) in [7, 11) is 8.02. The van der Waals surface area contributed by atoms with Crippen LogP contribution in [0.25, 0.3) is 0 Å². The number of nitrogens with zero attached hydrogens (tertiary/aromatic N) is 2. The minimum atomic E-state index is -0.105. The smallest absolute Gasteiger partial charge is 0.251 e. The van der Waals surface area contributed by atoms with E-state index in [-0.39, 0.29) is 24.2 Å². The second-order valence-corrected chi connectivity index (χ2v) is 6.40. The molecule has 0 spiro atoms. The van der Waals surface area contributed by atoms with Crippen LogP contribution in [0.1, 0.15) is 33.6 Å². The standard InChI is InChI=1S/C18H30N4O2.ClH/c1-21(2)13-5-11-19-17(23)15-7-9-16(10-8-15)18(24)20-12-6-14-22(3)4;/h7-10H,5-6,11-14H2,1-4H3,(H,19,23)(H,20,24);1H. The van der Waals surface area contributed by atoms with E-state index in [0.29, 0.717) is 24.2 Å². The normalized spacial score (nSPS) is 10.5. The molecule has 0 aromatic heterocycles. The summed E-state index contributed by atoms with van der Waals surface area (Å²) in [6.07, 6.45) is 1.82. The molecule has 1 aromatic rings. The molecule has 1 rings (SSSR count). The van der Waals surface area contributed by atoms with Gasteiger partial charge in [-0.15, -0.1) is 12.4 Å². The predicted molar refractivity (Wildman–Crippen MR) is 105 cm³/mol. The lowest BCUT2D eigenvalue weighted by molar-refractivity contribution is 0.0940. The summed E-state index contributed by atoms with van der Waals surface area (Å²) in [6, 6.07) is 6.76. The lowest BCUT2D eigenvalue weighted by atomic mass is 10.1. The van der Waals surface area contributed by atoms with E-state index in [0.717, 1.165) is 25.9 Å². The Balaban J connectivity index is 0.00000576. The second-order valence-electron chi connectivity index (χ2n) is 6.40. The highest BCUT2D eigenvalue weighted by atomic mass is 35.5. The van der Waals surface area contributed by atoms with Crippen molar-refractivity contribution in [3.8, 4) is 0 Å². The van der Waals surface area contributed by atoms with Crippen LogP contribution in [0.2, 0.25) is 0 Å². The quantitative estimate of drug-likeness (QED) is 0.612. The molecule has 0 bridgehead atoms. The molecule has 6 nitrogen and oxygen atoms in total. The van der Waals surface area contributed by atoms with Crippen LogP contribution in [0.4, 0.5) is 0 Å². The molecule has 0 radical (unpaired) electrons. The first-order valence-electron chi connectivity index (χ1n) is 8.36. The van der Waals surface area contributed by atoms with E-state index < -0.39 is 0 Å². The van der Waals surface area contributed by atoms with E-state index >= 15 is 0 Å². The van der Waals surface area contributed by atoms with Gasteiger partial charge in [-0.1, -0.05) is 0 Å². The first-order valence-corrected chi connectivity index (χ1v) is 8.36. The Labute approximate surface area is 157 Å². The van der Waals surface area contributed by atoms with E-state index in [1.54, 1.807) is 24.3 Å². The minimum absolute atomic E-state index is 0. The van der Waals surface area contributed by atoms with Gasteiger partial charge in [0.15, 0.2) is 0 Å². The van der Waals surface area contributed by atoms with Crippen LogP contribution in [-0.2, 0) is 0 Å². The molecule has 7 heteroatoms. The molecule has 1 aromatic carbocycles. The van der Waals surface area contributed by atoms with Crippen molar-refractivity contribution in [3.63, 3.8) is 0 Å². The molecule has 25 heavy (non-hydrogen) atoms. The maximum Gasteiger partial charge on any atom is 0.251 e. The maximum absolute atomic E-state index is 12.0. The monoisotopic (exact) mass is 370 g/mol. The molecule has 0 saturated carbocycles. The van der Waals surface area contributed by atoms with Crippen molar-refractivity contribution in [2.45, 2.75) is 12.8 Å². The number of hydrogen-bond donors (Lipinski definition) is 2. The highest BCUT2D eigenvalue weighted by molar-refractivity contribution is 5.97. The maximum atomic E-state index is 12.0. The highest BCUT2D eigenvalue weighted by Gasteiger charge is 2.08. The van der Waals surface area contributed by atoms with Crippen LogP contribution in [0.15, 0.2) is 24.3 Å². The van der Waals surface area contributed by atoms with Crippen LogP contribution in [0.3, 0.4) is 0 Å². The Kier molecular flexibility index (Phi) is 11.9. The van der Waals surface area contributed by atoms with Gasteiger partial charge in [-0.3, -0.25) is 9.59 Å². The molecule has 0 fully saturated rings. The number of halogens is 1. The van der Waals surface area contributed by atoms with Gasteiger partial charge in [0.1, 0.15) is 0 Å². The Bertz CT molecular complexity index is 471. The molecule has 0 aliphatic heterocycles. The summed E-state index contributed by atoms with van der Waals surface area (Å²) in [5.74, 6) is -0.210. The molecule has 0 heterocycles. The topological polar surface area (TPSA) is 64.7 Å². The number of benzene rings is 1. The third-order valence-corrected chi connectivity index (χ3v) is 3.54. The molecule has 2 amide bonds. The Morgan fingerprint density at radius 2 is 1.08 bits per heavy atom. The molecule has 2 N–H and O–H groups in total. The van der Waals surface area contributed by atoms with Crippen LogP contribution in [0.5, 0.6) is 0 Å². The predicted octanol–water partition coefficient (Wildman–Crippen LogP) is 1.47. The zero-order valence-electron chi connectivity index (χ0n) is 15.7. The van der Waals surface area contributed by atoms with Crippen LogP contribution >= 0.6 is 12.4 Å². The Morgan fingerprint density at radius 3 is 1.36 bits per heavy atom. The summed E-state index contributed by atoms with van der Waals surface area (Å²) in [5.41, 5.74) is 1.15. The van der Waals surface area contributed by atoms with E-state index in [2.05, 4.69) is 20.4 Å². The second kappa shape index (κ2) is 12.7. The Morgan fingerprint density at radius 1 is 0.760 bits per heavy atom. The van der Waals surface area contributed by atoms with E-state index in [1.165, 1.54) is 0 Å². The third-order valence-electron chi connectivity index (χ3n) is 3.54. The van der Waals surface area contributed by atoms with Gasteiger partial charge in [-0.25, -0.2) is 0 Å². The largest absolute Gasteiger partial charge is 0.352 e. The van der Waals surface area contributed by atoms with Gasteiger partial charge >= 0.3 is 0 Å². The van der Waals surface area contributed by atoms with Gasteiger partial charge < -0.3 is 20.4 Å². The summed E-state index contributed by atoms with van der Waals surface area (Å²) < 4.78 is 0. The third kappa shape index (κ3) is 10.1. The molecule has 0 saturated heterocycles. The van der Waals surface area contributed by atoms with Gasteiger partial charge in [0.2, 0.25) is 0 Å². The van der Waals surface area contributed by atoms with Crippen molar-refractivity contribution in [2.75, 3.05) is 54.4 Å². The average Bonchev–Trinajstić information content (AvgIpc) is 2.55. The van der Waals surface area contributed by atoms with E-state index in [9.17, 15) is 9.59 Å². The fourth-order valence-corrected chi connectivity index (χ4v) is 2.17. The number of nitrogens with one attached hydrogen (secondary N) is 2. The van der Waals surface area contributed by atoms with Crippen molar-refractivity contribution in [2.24, 2.45) is 0 Å². The fraction of sp³-hybridized carbons (Fsp3) is 0.556. The highest BCUT2D eigenvalue weighted by Crippen LogP contribution is 2.04. The van der Waals surface area contributed by atoms with Crippen molar-refractivity contribution >= 4 is 24.2 Å². The lowest BCUT2D eigenvalue weighted by Gasteiger charge is -2.11. The van der Waals surface area contributed by atoms with Crippen molar-refractivity contribution < 1.29 is 9.59 Å². The van der Waals surface area contributed by atoms with Crippen molar-refractivity contribution in [1.29, 1.82) is 0 Å². The number of amides is 2. The van der Waals surface area contributed by atoms with Crippen LogP contribution in [0, 0.1) is 0 Å². The summed E-state index contributed by atoms with van der Waals surface area (Å²) in [4.78, 5) is 28.2. The SMILES string of the molecule is CN(C)CCCNC(=O)c1ccc(C(=O)NCCCN(C)C)cc1.Cl. The van der Waals surface area contributed by atoms with Gasteiger partial charge in [0, 0.05) is 24.2 Å². The number of carbonyl (C=O) groups is 2. The zero-order valence-corrected chi connectivity index (χ0v) is 16.5. The Hall–Kier alpha value is -1.63. The summed E-state index contributed by atoms with van der Waals surface area (Å²) in [5, 5.41) is 5.77. The zero-order chi connectivity index (χ0) is 17.9.